The second-order valence-corrected chi connectivity index (χ2v) is 4.74. The number of hydrogen-bond acceptors (Lipinski definition) is 3. The molecule has 0 heterocycles. The predicted octanol–water partition coefficient (Wildman–Crippen LogP) is 3.35. The lowest BCUT2D eigenvalue weighted by Crippen LogP contribution is -2.38. The van der Waals surface area contributed by atoms with Gasteiger partial charge in [-0.05, 0) is 43.5 Å². The molecule has 3 nitrogen and oxygen atoms in total. The highest BCUT2D eigenvalue weighted by Crippen LogP contribution is 2.21. The number of aryl methyl sites for hydroxylation is 2. The molecule has 0 bridgehead atoms. The number of benzene rings is 1. The molecule has 17 heavy (non-hydrogen) atoms. The van der Waals surface area contributed by atoms with Crippen molar-refractivity contribution in [1.82, 2.24) is 5.48 Å². The van der Waals surface area contributed by atoms with Crippen LogP contribution < -0.4 is 10.2 Å². The molecule has 0 unspecified atom stereocenters. The van der Waals surface area contributed by atoms with Gasteiger partial charge in [0.25, 0.3) is 0 Å². The molecular weight excluding hydrogens is 214 g/mol. The Hall–Kier alpha value is -1.06. The van der Waals surface area contributed by atoms with Crippen LogP contribution >= 0.6 is 0 Å². The van der Waals surface area contributed by atoms with Crippen LogP contribution in [-0.4, -0.2) is 12.3 Å². The fourth-order valence-corrected chi connectivity index (χ4v) is 1.41. The zero-order valence-electron chi connectivity index (χ0n) is 11.5. The molecule has 3 heteroatoms. The first-order chi connectivity index (χ1) is 7.94. The molecule has 1 aromatic carbocycles. The van der Waals surface area contributed by atoms with E-state index >= 15 is 0 Å². The molecule has 0 aliphatic rings. The average molecular weight is 237 g/mol. The van der Waals surface area contributed by atoms with Gasteiger partial charge in [0.15, 0.2) is 0 Å². The Kier molecular flexibility index (Phi) is 4.97. The van der Waals surface area contributed by atoms with Gasteiger partial charge in [-0.25, -0.2) is 0 Å². The number of ether oxygens (including phenoxy) is 1. The standard InChI is InChI=1S/C14H23NO2/c1-6-9-15-17-14(4,5)16-13-8-7-11(2)12(3)10-13/h7-8,10,15H,6,9H2,1-5H3. The average Bonchev–Trinajstić information content (AvgIpc) is 2.23. The molecule has 0 atom stereocenters. The maximum absolute atomic E-state index is 5.80. The molecule has 96 valence electrons. The molecule has 0 saturated carbocycles. The molecular formula is C14H23NO2. The molecule has 1 N–H and O–H groups in total. The van der Waals surface area contributed by atoms with Crippen molar-refractivity contribution in [2.24, 2.45) is 0 Å². The van der Waals surface area contributed by atoms with Crippen LogP contribution in [0.1, 0.15) is 38.3 Å². The first-order valence-electron chi connectivity index (χ1n) is 6.12. The summed E-state index contributed by atoms with van der Waals surface area (Å²) in [4.78, 5) is 5.47. The summed E-state index contributed by atoms with van der Waals surface area (Å²) < 4.78 is 5.80. The molecule has 0 saturated heterocycles. The van der Waals surface area contributed by atoms with Crippen molar-refractivity contribution in [3.05, 3.63) is 29.3 Å². The summed E-state index contributed by atoms with van der Waals surface area (Å²) in [6.07, 6.45) is 1.03. The Morgan fingerprint density at radius 1 is 1.18 bits per heavy atom. The van der Waals surface area contributed by atoms with Crippen LogP contribution in [0.2, 0.25) is 0 Å². The van der Waals surface area contributed by atoms with Gasteiger partial charge in [0.05, 0.1) is 0 Å². The van der Waals surface area contributed by atoms with Gasteiger partial charge in [0.1, 0.15) is 5.75 Å². The van der Waals surface area contributed by atoms with Crippen molar-refractivity contribution in [2.45, 2.75) is 46.8 Å². The highest BCUT2D eigenvalue weighted by molar-refractivity contribution is 5.33. The van der Waals surface area contributed by atoms with E-state index in [1.54, 1.807) is 0 Å². The number of nitrogens with one attached hydrogen (secondary N) is 1. The van der Waals surface area contributed by atoms with Gasteiger partial charge in [-0.15, -0.1) is 0 Å². The van der Waals surface area contributed by atoms with Gasteiger partial charge >= 0.3 is 0 Å². The third-order valence-corrected chi connectivity index (χ3v) is 2.51. The summed E-state index contributed by atoms with van der Waals surface area (Å²) in [5, 5.41) is 0. The minimum Gasteiger partial charge on any atom is -0.461 e. The predicted molar refractivity (Wildman–Crippen MR) is 70.0 cm³/mol. The zero-order chi connectivity index (χ0) is 12.9. The van der Waals surface area contributed by atoms with Gasteiger partial charge in [-0.1, -0.05) is 13.0 Å². The maximum Gasteiger partial charge on any atom is 0.222 e. The highest BCUT2D eigenvalue weighted by atomic mass is 16.8. The summed E-state index contributed by atoms with van der Waals surface area (Å²) in [5.74, 6) is 0.160. The highest BCUT2D eigenvalue weighted by Gasteiger charge is 2.20. The van der Waals surface area contributed by atoms with Gasteiger partial charge < -0.3 is 4.74 Å². The third kappa shape index (κ3) is 4.75. The summed E-state index contributed by atoms with van der Waals surface area (Å²) in [6.45, 7) is 10.9. The lowest BCUT2D eigenvalue weighted by atomic mass is 10.1. The van der Waals surface area contributed by atoms with Crippen LogP contribution in [0, 0.1) is 13.8 Å². The number of hydrogen-bond donors (Lipinski definition) is 1. The molecule has 1 rings (SSSR count). The van der Waals surface area contributed by atoms with Crippen LogP contribution in [0.4, 0.5) is 0 Å². The van der Waals surface area contributed by atoms with E-state index in [9.17, 15) is 0 Å². The minimum absolute atomic E-state index is 0.670. The second-order valence-electron chi connectivity index (χ2n) is 4.74. The van der Waals surface area contributed by atoms with Gasteiger partial charge in [0, 0.05) is 20.4 Å². The molecule has 1 aromatic rings. The molecule has 0 amide bonds. The van der Waals surface area contributed by atoms with Crippen LogP contribution in [-0.2, 0) is 4.84 Å². The Bertz CT molecular complexity index is 361. The summed E-state index contributed by atoms with van der Waals surface area (Å²) >= 11 is 0. The summed E-state index contributed by atoms with van der Waals surface area (Å²) in [5.41, 5.74) is 5.38. The minimum atomic E-state index is -0.670. The Morgan fingerprint density at radius 3 is 2.47 bits per heavy atom. The van der Waals surface area contributed by atoms with Crippen molar-refractivity contribution < 1.29 is 9.57 Å². The normalized spacial score (nSPS) is 11.6. The molecule has 0 aliphatic carbocycles. The zero-order valence-corrected chi connectivity index (χ0v) is 11.5. The van der Waals surface area contributed by atoms with E-state index in [0.717, 1.165) is 18.7 Å². The van der Waals surface area contributed by atoms with Gasteiger partial charge in [-0.3, -0.25) is 4.84 Å². The topological polar surface area (TPSA) is 30.5 Å². The van der Waals surface area contributed by atoms with Gasteiger partial charge in [-0.2, -0.15) is 5.48 Å². The van der Waals surface area contributed by atoms with E-state index in [4.69, 9.17) is 9.57 Å². The number of hydroxylamine groups is 1. The van der Waals surface area contributed by atoms with E-state index in [1.807, 2.05) is 26.0 Å². The number of rotatable bonds is 6. The quantitative estimate of drug-likeness (QED) is 0.467. The summed E-state index contributed by atoms with van der Waals surface area (Å²) in [6, 6.07) is 6.05. The van der Waals surface area contributed by atoms with Crippen molar-refractivity contribution in [3.8, 4) is 5.75 Å². The fourth-order valence-electron chi connectivity index (χ4n) is 1.41. The van der Waals surface area contributed by atoms with E-state index in [1.165, 1.54) is 11.1 Å². The lowest BCUT2D eigenvalue weighted by molar-refractivity contribution is -0.197. The van der Waals surface area contributed by atoms with Crippen LogP contribution in [0.25, 0.3) is 0 Å². The van der Waals surface area contributed by atoms with E-state index in [2.05, 4.69) is 32.3 Å². The Labute approximate surface area is 104 Å². The Balaban J connectivity index is 2.59. The van der Waals surface area contributed by atoms with Crippen molar-refractivity contribution in [3.63, 3.8) is 0 Å². The van der Waals surface area contributed by atoms with Crippen LogP contribution in [0.3, 0.4) is 0 Å². The maximum atomic E-state index is 5.80. The molecule has 0 fully saturated rings. The monoisotopic (exact) mass is 237 g/mol. The van der Waals surface area contributed by atoms with Gasteiger partial charge in [0.2, 0.25) is 5.79 Å². The SMILES string of the molecule is CCCNOC(C)(C)Oc1ccc(C)c(C)c1. The second kappa shape index (κ2) is 6.03. The van der Waals surface area contributed by atoms with E-state index in [-0.39, 0.29) is 0 Å². The molecule has 0 aromatic heterocycles. The first kappa shape index (κ1) is 14.0. The van der Waals surface area contributed by atoms with E-state index < -0.39 is 5.79 Å². The third-order valence-electron chi connectivity index (χ3n) is 2.51. The van der Waals surface area contributed by atoms with Crippen LogP contribution in [0.15, 0.2) is 18.2 Å². The van der Waals surface area contributed by atoms with Crippen molar-refractivity contribution in [1.29, 1.82) is 0 Å². The smallest absolute Gasteiger partial charge is 0.222 e. The van der Waals surface area contributed by atoms with Crippen molar-refractivity contribution >= 4 is 0 Å². The van der Waals surface area contributed by atoms with Crippen molar-refractivity contribution in [2.75, 3.05) is 6.54 Å². The lowest BCUT2D eigenvalue weighted by Gasteiger charge is -2.26. The molecule has 0 radical (unpaired) electrons. The van der Waals surface area contributed by atoms with E-state index in [0.29, 0.717) is 0 Å². The summed E-state index contributed by atoms with van der Waals surface area (Å²) in [7, 11) is 0. The molecule has 0 aliphatic heterocycles. The Morgan fingerprint density at radius 2 is 1.88 bits per heavy atom. The molecule has 0 spiro atoms. The largest absolute Gasteiger partial charge is 0.461 e. The first-order valence-corrected chi connectivity index (χ1v) is 6.12. The fraction of sp³-hybridized carbons (Fsp3) is 0.571. The van der Waals surface area contributed by atoms with Crippen LogP contribution in [0.5, 0.6) is 5.75 Å².